The highest BCUT2D eigenvalue weighted by Crippen LogP contribution is 2.41. The van der Waals surface area contributed by atoms with Gasteiger partial charge in [-0.2, -0.15) is 5.26 Å². The summed E-state index contributed by atoms with van der Waals surface area (Å²) in [6.45, 7) is 4.48. The molecule has 1 fully saturated rings. The molecule has 0 unspecified atom stereocenters. The number of hydrogen-bond donors (Lipinski definition) is 0. The van der Waals surface area contributed by atoms with Crippen molar-refractivity contribution < 1.29 is 32.9 Å². The molecule has 0 saturated carbocycles. The molecule has 0 N–H and O–H groups in total. The molecule has 1 amide bonds. The molecular formula is C43H42ClFN4O6. The lowest BCUT2D eigenvalue weighted by molar-refractivity contribution is -0.127. The number of rotatable bonds is 15. The molecule has 5 aromatic rings. The van der Waals surface area contributed by atoms with Crippen LogP contribution in [0, 0.1) is 17.1 Å². The maximum Gasteiger partial charge on any atom is 0.246 e. The zero-order valence-corrected chi connectivity index (χ0v) is 31.5. The largest absolute Gasteiger partial charge is 0.493 e. The van der Waals surface area contributed by atoms with Gasteiger partial charge in [0.2, 0.25) is 17.5 Å². The standard InChI is InChI=1S/C43H41FN4O6.ClH/c1-50-39-25-35(26-40(51-2)43(39)54-41-17-16-38(28-46-41)53-30-34-9-5-32(27-45)6-10-34)11-18-42(49)48-22-20-47(21-23-48)29-33-7-3-31(4-8-33)19-24-52-37-14-12-36(44)13-15-37;/h3-18,25-26,28H,19-24,29-30H2,1-2H3;1H. The molecule has 284 valence electrons. The Bertz CT molecular complexity index is 2040. The molecule has 12 heteroatoms. The van der Waals surface area contributed by atoms with Gasteiger partial charge in [0, 0.05) is 51.3 Å². The number of hydrogen-bond acceptors (Lipinski definition) is 9. The zero-order chi connectivity index (χ0) is 37.7. The third-order valence-electron chi connectivity index (χ3n) is 8.89. The van der Waals surface area contributed by atoms with Crippen molar-refractivity contribution in [2.45, 2.75) is 19.6 Å². The van der Waals surface area contributed by atoms with Gasteiger partial charge < -0.3 is 28.6 Å². The number of methoxy groups -OCH3 is 2. The van der Waals surface area contributed by atoms with Gasteiger partial charge >= 0.3 is 0 Å². The van der Waals surface area contributed by atoms with Crippen LogP contribution in [0.5, 0.6) is 34.6 Å². The molecule has 0 bridgehead atoms. The normalized spacial score (nSPS) is 12.7. The van der Waals surface area contributed by atoms with Crippen molar-refractivity contribution in [1.82, 2.24) is 14.8 Å². The van der Waals surface area contributed by atoms with Crippen LogP contribution in [0.1, 0.15) is 27.8 Å². The summed E-state index contributed by atoms with van der Waals surface area (Å²) < 4.78 is 41.9. The minimum Gasteiger partial charge on any atom is -0.493 e. The van der Waals surface area contributed by atoms with Crippen molar-refractivity contribution in [3.63, 3.8) is 0 Å². The fraction of sp³-hybridized carbons (Fsp3) is 0.233. The molecule has 0 aliphatic carbocycles. The topological polar surface area (TPSA) is 106 Å². The average Bonchev–Trinajstić information content (AvgIpc) is 3.21. The number of benzene rings is 4. The first-order valence-corrected chi connectivity index (χ1v) is 17.6. The van der Waals surface area contributed by atoms with E-state index in [0.717, 1.165) is 31.6 Å². The second kappa shape index (κ2) is 19.8. The fourth-order valence-corrected chi connectivity index (χ4v) is 5.84. The Morgan fingerprint density at radius 1 is 0.818 bits per heavy atom. The van der Waals surface area contributed by atoms with Gasteiger partial charge in [-0.25, -0.2) is 9.37 Å². The molecule has 55 heavy (non-hydrogen) atoms. The predicted molar refractivity (Wildman–Crippen MR) is 210 cm³/mol. The minimum absolute atomic E-state index is 0. The van der Waals surface area contributed by atoms with Gasteiger partial charge in [-0.3, -0.25) is 9.69 Å². The summed E-state index contributed by atoms with van der Waals surface area (Å²) in [6, 6.07) is 30.8. The monoisotopic (exact) mass is 764 g/mol. The summed E-state index contributed by atoms with van der Waals surface area (Å²) in [5, 5.41) is 8.97. The first kappa shape index (κ1) is 40.1. The Morgan fingerprint density at radius 3 is 2.07 bits per heavy atom. The van der Waals surface area contributed by atoms with E-state index in [9.17, 15) is 9.18 Å². The lowest BCUT2D eigenvalue weighted by Crippen LogP contribution is -2.47. The molecule has 2 heterocycles. The maximum atomic E-state index is 13.1. The Labute approximate surface area is 326 Å². The Hall–Kier alpha value is -6.09. The average molecular weight is 765 g/mol. The molecule has 4 aromatic carbocycles. The van der Waals surface area contributed by atoms with Crippen LogP contribution < -0.4 is 23.7 Å². The van der Waals surface area contributed by atoms with Crippen molar-refractivity contribution >= 4 is 24.4 Å². The molecular weight excluding hydrogens is 723 g/mol. The second-order valence-corrected chi connectivity index (χ2v) is 12.6. The molecule has 6 rings (SSSR count). The van der Waals surface area contributed by atoms with E-state index in [0.29, 0.717) is 72.1 Å². The number of amides is 1. The molecule has 1 aliphatic rings. The molecule has 0 spiro atoms. The number of piperazine rings is 1. The van der Waals surface area contributed by atoms with E-state index in [1.807, 2.05) is 17.0 Å². The Kier molecular flexibility index (Phi) is 14.5. The lowest BCUT2D eigenvalue weighted by atomic mass is 10.1. The zero-order valence-electron chi connectivity index (χ0n) is 30.7. The van der Waals surface area contributed by atoms with Gasteiger partial charge in [-0.1, -0.05) is 36.4 Å². The number of pyridine rings is 1. The highest BCUT2D eigenvalue weighted by atomic mass is 35.5. The van der Waals surface area contributed by atoms with E-state index in [4.69, 9.17) is 28.9 Å². The maximum absolute atomic E-state index is 13.1. The van der Waals surface area contributed by atoms with Crippen LogP contribution in [-0.4, -0.2) is 67.7 Å². The van der Waals surface area contributed by atoms with E-state index in [2.05, 4.69) is 40.2 Å². The first-order valence-electron chi connectivity index (χ1n) is 17.6. The molecule has 1 saturated heterocycles. The number of carbonyl (C=O) groups is 1. The van der Waals surface area contributed by atoms with Crippen LogP contribution >= 0.6 is 12.4 Å². The molecule has 1 aromatic heterocycles. The van der Waals surface area contributed by atoms with Crippen LogP contribution in [0.2, 0.25) is 0 Å². The molecule has 0 atom stereocenters. The van der Waals surface area contributed by atoms with Gasteiger partial charge in [-0.05, 0) is 82.9 Å². The van der Waals surface area contributed by atoms with Gasteiger partial charge in [0.25, 0.3) is 0 Å². The van der Waals surface area contributed by atoms with E-state index < -0.39 is 0 Å². The predicted octanol–water partition coefficient (Wildman–Crippen LogP) is 7.88. The number of aromatic nitrogens is 1. The number of carbonyl (C=O) groups excluding carboxylic acids is 1. The van der Waals surface area contributed by atoms with Gasteiger partial charge in [-0.15, -0.1) is 12.4 Å². The van der Waals surface area contributed by atoms with E-state index in [1.165, 1.54) is 37.5 Å². The Morgan fingerprint density at radius 2 is 1.45 bits per heavy atom. The van der Waals surface area contributed by atoms with Crippen LogP contribution in [0.15, 0.2) is 109 Å². The first-order chi connectivity index (χ1) is 26.4. The van der Waals surface area contributed by atoms with Crippen LogP contribution in [0.25, 0.3) is 6.08 Å². The van der Waals surface area contributed by atoms with Crippen molar-refractivity contribution in [1.29, 1.82) is 5.26 Å². The summed E-state index contributed by atoms with van der Waals surface area (Å²) in [5.74, 6) is 2.38. The number of nitrogens with zero attached hydrogens (tertiary/aromatic N) is 4. The van der Waals surface area contributed by atoms with Crippen LogP contribution in [-0.2, 0) is 24.4 Å². The summed E-state index contributed by atoms with van der Waals surface area (Å²) in [4.78, 5) is 21.7. The lowest BCUT2D eigenvalue weighted by Gasteiger charge is -2.34. The SMILES string of the molecule is COc1cc(C=CC(=O)N2CCN(Cc3ccc(CCOc4ccc(F)cc4)cc3)CC2)cc(OC)c1Oc1ccc(OCc2ccc(C#N)cc2)cn1.Cl. The quantitative estimate of drug-likeness (QED) is 0.0985. The van der Waals surface area contributed by atoms with Gasteiger partial charge in [0.15, 0.2) is 11.5 Å². The van der Waals surface area contributed by atoms with Crippen molar-refractivity contribution in [2.75, 3.05) is 47.0 Å². The van der Waals surface area contributed by atoms with E-state index in [-0.39, 0.29) is 24.1 Å². The van der Waals surface area contributed by atoms with Gasteiger partial charge in [0.1, 0.15) is 23.9 Å². The van der Waals surface area contributed by atoms with E-state index in [1.54, 1.807) is 66.9 Å². The number of ether oxygens (including phenoxy) is 5. The number of halogens is 2. The van der Waals surface area contributed by atoms with Crippen molar-refractivity contribution in [3.8, 4) is 40.7 Å². The molecule has 0 radical (unpaired) electrons. The number of nitriles is 1. The fourth-order valence-electron chi connectivity index (χ4n) is 5.84. The van der Waals surface area contributed by atoms with Crippen LogP contribution in [0.3, 0.4) is 0 Å². The smallest absolute Gasteiger partial charge is 0.246 e. The van der Waals surface area contributed by atoms with E-state index >= 15 is 0 Å². The van der Waals surface area contributed by atoms with Crippen molar-refractivity contribution in [2.24, 2.45) is 0 Å². The Balaban J connectivity index is 0.00000580. The third-order valence-corrected chi connectivity index (χ3v) is 8.89. The highest BCUT2D eigenvalue weighted by molar-refractivity contribution is 5.92. The minimum atomic E-state index is -0.278. The molecule has 10 nitrogen and oxygen atoms in total. The highest BCUT2D eigenvalue weighted by Gasteiger charge is 2.20. The summed E-state index contributed by atoms with van der Waals surface area (Å²) >= 11 is 0. The third kappa shape index (κ3) is 11.5. The summed E-state index contributed by atoms with van der Waals surface area (Å²) in [6.07, 6.45) is 5.64. The summed E-state index contributed by atoms with van der Waals surface area (Å²) in [5.41, 5.74) is 4.63. The van der Waals surface area contributed by atoms with Gasteiger partial charge in [0.05, 0.1) is 38.7 Å². The summed E-state index contributed by atoms with van der Waals surface area (Å²) in [7, 11) is 3.07. The second-order valence-electron chi connectivity index (χ2n) is 12.6. The molecule has 1 aliphatic heterocycles. The van der Waals surface area contributed by atoms with Crippen molar-refractivity contribution in [3.05, 3.63) is 143 Å². The van der Waals surface area contributed by atoms with Crippen LogP contribution in [0.4, 0.5) is 4.39 Å².